The lowest BCUT2D eigenvalue weighted by atomic mass is 10.1. The summed E-state index contributed by atoms with van der Waals surface area (Å²) in [4.78, 5) is 12.4. The molecule has 1 aliphatic rings. The average Bonchev–Trinajstić information content (AvgIpc) is 3.25. The van der Waals surface area contributed by atoms with E-state index in [1.165, 1.54) is 4.31 Å². The highest BCUT2D eigenvalue weighted by molar-refractivity contribution is 7.89. The van der Waals surface area contributed by atoms with E-state index >= 15 is 0 Å². The van der Waals surface area contributed by atoms with E-state index in [9.17, 15) is 8.42 Å². The van der Waals surface area contributed by atoms with Gasteiger partial charge in [0.15, 0.2) is 5.82 Å². The van der Waals surface area contributed by atoms with E-state index in [4.69, 9.17) is 4.74 Å². The van der Waals surface area contributed by atoms with E-state index in [-0.39, 0.29) is 17.7 Å². The summed E-state index contributed by atoms with van der Waals surface area (Å²) in [6, 6.07) is -0.0756. The maximum absolute atomic E-state index is 12.3. The molecule has 2 aromatic heterocycles. The van der Waals surface area contributed by atoms with Gasteiger partial charge in [0, 0.05) is 44.5 Å². The lowest BCUT2D eigenvalue weighted by Gasteiger charge is -2.22. The zero-order chi connectivity index (χ0) is 18.2. The first kappa shape index (κ1) is 18.1. The van der Waals surface area contributed by atoms with Crippen molar-refractivity contribution in [3.63, 3.8) is 0 Å². The van der Waals surface area contributed by atoms with Crippen LogP contribution in [0.15, 0.2) is 12.4 Å². The Balaban J connectivity index is 1.92. The van der Waals surface area contributed by atoms with Crippen LogP contribution in [0, 0.1) is 12.8 Å². The quantitative estimate of drug-likeness (QED) is 0.829. The van der Waals surface area contributed by atoms with E-state index in [2.05, 4.69) is 15.0 Å². The van der Waals surface area contributed by atoms with Crippen molar-refractivity contribution in [1.82, 2.24) is 23.8 Å². The zero-order valence-corrected chi connectivity index (χ0v) is 15.9. The third-order valence-corrected chi connectivity index (χ3v) is 6.61. The molecule has 138 valence electrons. The van der Waals surface area contributed by atoms with Gasteiger partial charge in [-0.2, -0.15) is 0 Å². The van der Waals surface area contributed by atoms with E-state index in [0.717, 1.165) is 29.5 Å². The molecule has 0 bridgehead atoms. The molecule has 0 aliphatic carbocycles. The van der Waals surface area contributed by atoms with Crippen molar-refractivity contribution in [2.75, 3.05) is 33.1 Å². The van der Waals surface area contributed by atoms with Crippen LogP contribution in [-0.2, 0) is 21.2 Å². The van der Waals surface area contributed by atoms with Gasteiger partial charge in [-0.25, -0.2) is 22.7 Å². The van der Waals surface area contributed by atoms with Gasteiger partial charge in [-0.3, -0.25) is 0 Å². The van der Waals surface area contributed by atoms with Crippen LogP contribution in [0.25, 0.3) is 11.5 Å². The molecule has 0 unspecified atom stereocenters. The topological polar surface area (TPSA) is 93.1 Å². The van der Waals surface area contributed by atoms with Gasteiger partial charge in [0.1, 0.15) is 11.5 Å². The monoisotopic (exact) mass is 367 g/mol. The number of imidazole rings is 2. The maximum Gasteiger partial charge on any atom is 0.214 e. The molecule has 8 nitrogen and oxygen atoms in total. The van der Waals surface area contributed by atoms with Gasteiger partial charge in [0.25, 0.3) is 0 Å². The van der Waals surface area contributed by atoms with E-state index in [1.54, 1.807) is 20.3 Å². The number of H-pyrrole nitrogens is 1. The average molecular weight is 367 g/mol. The van der Waals surface area contributed by atoms with Gasteiger partial charge in [-0.05, 0) is 6.92 Å². The smallest absolute Gasteiger partial charge is 0.214 e. The number of hydrogen-bond donors (Lipinski definition) is 1. The van der Waals surface area contributed by atoms with Gasteiger partial charge in [-0.1, -0.05) is 6.92 Å². The molecular formula is C16H25N5O3S. The predicted molar refractivity (Wildman–Crippen MR) is 94.7 cm³/mol. The van der Waals surface area contributed by atoms with Crippen molar-refractivity contribution in [3.8, 4) is 11.5 Å². The molecule has 1 aliphatic heterocycles. The van der Waals surface area contributed by atoms with Crippen LogP contribution in [0.4, 0.5) is 0 Å². The molecule has 3 heterocycles. The molecule has 25 heavy (non-hydrogen) atoms. The number of aryl methyl sites for hydroxylation is 2. The van der Waals surface area contributed by atoms with Gasteiger partial charge < -0.3 is 14.3 Å². The SMILES string of the molecule is CCc1nc(-c2nccn2[C@@H]2COC[C@H]2CS(=O)(=O)N(C)C)c(C)[nH]1. The molecule has 0 saturated carbocycles. The fourth-order valence-electron chi connectivity index (χ4n) is 3.15. The first-order valence-corrected chi connectivity index (χ1v) is 10.0. The summed E-state index contributed by atoms with van der Waals surface area (Å²) in [7, 11) is -0.178. The second-order valence-electron chi connectivity index (χ2n) is 6.59. The second-order valence-corrected chi connectivity index (χ2v) is 8.82. The largest absolute Gasteiger partial charge is 0.379 e. The molecule has 0 amide bonds. The Morgan fingerprint density at radius 2 is 2.16 bits per heavy atom. The molecule has 3 rings (SSSR count). The van der Waals surface area contributed by atoms with Crippen LogP contribution < -0.4 is 0 Å². The van der Waals surface area contributed by atoms with Gasteiger partial charge >= 0.3 is 0 Å². The first-order valence-electron chi connectivity index (χ1n) is 8.40. The maximum atomic E-state index is 12.3. The summed E-state index contributed by atoms with van der Waals surface area (Å²) in [6.45, 7) is 4.91. The molecule has 1 saturated heterocycles. The number of aromatic amines is 1. The molecule has 2 atom stereocenters. The summed E-state index contributed by atoms with van der Waals surface area (Å²) in [6.07, 6.45) is 4.42. The highest BCUT2D eigenvalue weighted by Gasteiger charge is 2.35. The van der Waals surface area contributed by atoms with Crippen molar-refractivity contribution in [3.05, 3.63) is 23.9 Å². The van der Waals surface area contributed by atoms with Gasteiger partial charge in [0.2, 0.25) is 10.0 Å². The standard InChI is InChI=1S/C16H25N5O3S/c1-5-14-18-11(2)15(19-14)16-17-6-7-21(16)13-9-24-8-12(13)10-25(22,23)20(3)4/h6-7,12-13H,5,8-10H2,1-4H3,(H,18,19)/t12-,13+/m0/s1. The number of aromatic nitrogens is 4. The molecule has 2 aromatic rings. The Kier molecular flexibility index (Phi) is 4.99. The fourth-order valence-corrected chi connectivity index (χ4v) is 4.30. The molecule has 1 fully saturated rings. The second kappa shape index (κ2) is 6.89. The van der Waals surface area contributed by atoms with Gasteiger partial charge in [-0.15, -0.1) is 0 Å². The zero-order valence-electron chi connectivity index (χ0n) is 15.1. The highest BCUT2D eigenvalue weighted by atomic mass is 32.2. The summed E-state index contributed by atoms with van der Waals surface area (Å²) >= 11 is 0. The molecule has 9 heteroatoms. The number of nitrogens with one attached hydrogen (secondary N) is 1. The molecule has 0 aromatic carbocycles. The summed E-state index contributed by atoms with van der Waals surface area (Å²) in [5, 5.41) is 0. The normalized spacial score (nSPS) is 21.3. The number of sulfonamides is 1. The number of nitrogens with zero attached hydrogens (tertiary/aromatic N) is 4. The van der Waals surface area contributed by atoms with Gasteiger partial charge in [0.05, 0.1) is 25.0 Å². The Bertz CT molecular complexity index is 840. The molecule has 0 radical (unpaired) electrons. The first-order chi connectivity index (χ1) is 11.8. The van der Waals surface area contributed by atoms with E-state index < -0.39 is 10.0 Å². The molecular weight excluding hydrogens is 342 g/mol. The van der Waals surface area contributed by atoms with E-state index in [0.29, 0.717) is 13.2 Å². The Morgan fingerprint density at radius 1 is 1.40 bits per heavy atom. The highest BCUT2D eigenvalue weighted by Crippen LogP contribution is 2.32. The summed E-state index contributed by atoms with van der Waals surface area (Å²) in [5.74, 6) is 1.60. The minimum Gasteiger partial charge on any atom is -0.379 e. The lowest BCUT2D eigenvalue weighted by molar-refractivity contribution is 0.182. The minimum absolute atomic E-state index is 0.0576. The summed E-state index contributed by atoms with van der Waals surface area (Å²) < 4.78 is 33.4. The Morgan fingerprint density at radius 3 is 2.80 bits per heavy atom. The number of ether oxygens (including phenoxy) is 1. The lowest BCUT2D eigenvalue weighted by Crippen LogP contribution is -2.32. The van der Waals surface area contributed by atoms with Crippen molar-refractivity contribution < 1.29 is 13.2 Å². The Labute approximate surface area is 148 Å². The van der Waals surface area contributed by atoms with Crippen molar-refractivity contribution in [2.24, 2.45) is 5.92 Å². The van der Waals surface area contributed by atoms with Crippen LogP contribution in [0.1, 0.15) is 24.5 Å². The van der Waals surface area contributed by atoms with Crippen molar-refractivity contribution in [2.45, 2.75) is 26.3 Å². The summed E-state index contributed by atoms with van der Waals surface area (Å²) in [5.41, 5.74) is 1.77. The number of hydrogen-bond acceptors (Lipinski definition) is 5. The van der Waals surface area contributed by atoms with Crippen LogP contribution in [0.3, 0.4) is 0 Å². The third kappa shape index (κ3) is 3.49. The molecule has 1 N–H and O–H groups in total. The number of rotatable bonds is 6. The minimum atomic E-state index is -3.29. The van der Waals surface area contributed by atoms with Crippen LogP contribution >= 0.6 is 0 Å². The van der Waals surface area contributed by atoms with E-state index in [1.807, 2.05) is 24.6 Å². The fraction of sp³-hybridized carbons (Fsp3) is 0.625. The third-order valence-electron chi connectivity index (χ3n) is 4.65. The van der Waals surface area contributed by atoms with Crippen LogP contribution in [0.5, 0.6) is 0 Å². The Hall–Kier alpha value is -1.71. The van der Waals surface area contributed by atoms with Crippen LogP contribution in [-0.4, -0.2) is 65.3 Å². The van der Waals surface area contributed by atoms with Crippen LogP contribution in [0.2, 0.25) is 0 Å². The van der Waals surface area contributed by atoms with Crippen molar-refractivity contribution in [1.29, 1.82) is 0 Å². The van der Waals surface area contributed by atoms with Crippen molar-refractivity contribution >= 4 is 10.0 Å². The predicted octanol–water partition coefficient (Wildman–Crippen LogP) is 1.22. The molecule has 0 spiro atoms.